The van der Waals surface area contributed by atoms with E-state index in [-0.39, 0.29) is 12.1 Å². The van der Waals surface area contributed by atoms with Gasteiger partial charge in [0.25, 0.3) is 5.91 Å². The lowest BCUT2D eigenvalue weighted by molar-refractivity contribution is -0.136. The van der Waals surface area contributed by atoms with Gasteiger partial charge in [0.1, 0.15) is 0 Å². The third-order valence-electron chi connectivity index (χ3n) is 1.19. The van der Waals surface area contributed by atoms with Crippen molar-refractivity contribution < 1.29 is 13.6 Å². The average molecular weight is 133 g/mol. The highest BCUT2D eigenvalue weighted by molar-refractivity contribution is 5.90. The molecule has 0 aromatic rings. The Bertz CT molecular complexity index is 158. The van der Waals surface area contributed by atoms with Crippen molar-refractivity contribution in [1.29, 1.82) is 0 Å². The zero-order chi connectivity index (χ0) is 7.07. The number of carbonyl (C=O) groups is 1. The molecule has 50 valence electrons. The Balaban J connectivity index is 2.91. The number of rotatable bonds is 0. The molecule has 1 N–H and O–H groups in total. The minimum absolute atomic E-state index is 0.105. The minimum atomic E-state index is -3.33. The quantitative estimate of drug-likeness (QED) is 0.473. The molecule has 0 bridgehead atoms. The summed E-state index contributed by atoms with van der Waals surface area (Å²) in [5.41, 5.74) is -0.354. The Morgan fingerprint density at radius 1 is 1.67 bits per heavy atom. The first-order valence-electron chi connectivity index (χ1n) is 2.39. The van der Waals surface area contributed by atoms with E-state index in [1.165, 1.54) is 0 Å². The molecular weight excluding hydrogens is 128 g/mol. The first kappa shape index (κ1) is 6.19. The second-order valence-corrected chi connectivity index (χ2v) is 1.86. The Labute approximate surface area is 50.5 Å². The molecule has 4 heteroatoms. The molecule has 1 fully saturated rings. The fraction of sp³-hybridized carbons (Fsp3) is 0.400. The molecule has 2 nitrogen and oxygen atoms in total. The Morgan fingerprint density at radius 2 is 2.22 bits per heavy atom. The molecule has 0 aromatic carbocycles. The van der Waals surface area contributed by atoms with Gasteiger partial charge in [0.2, 0.25) is 0 Å². The third-order valence-corrected chi connectivity index (χ3v) is 1.19. The van der Waals surface area contributed by atoms with Gasteiger partial charge in [0, 0.05) is 12.1 Å². The monoisotopic (exact) mass is 133 g/mol. The molecule has 0 spiro atoms. The molecule has 1 rings (SSSR count). The second kappa shape index (κ2) is 1.52. The molecular formula is C5H5F2NO. The van der Waals surface area contributed by atoms with E-state index < -0.39 is 11.8 Å². The summed E-state index contributed by atoms with van der Waals surface area (Å²) in [7, 11) is 0. The standard InChI is InChI=1S/C5H5F2NO/c1-3-2-8-4(9)5(3,6)7/h1-2H2,(H,8,9). The molecule has 0 radical (unpaired) electrons. The zero-order valence-corrected chi connectivity index (χ0v) is 4.58. The van der Waals surface area contributed by atoms with Crippen molar-refractivity contribution in [2.45, 2.75) is 5.92 Å². The van der Waals surface area contributed by atoms with Crippen molar-refractivity contribution in [3.63, 3.8) is 0 Å². The maximum Gasteiger partial charge on any atom is 0.347 e. The summed E-state index contributed by atoms with van der Waals surface area (Å²) in [6.07, 6.45) is 0. The smallest absolute Gasteiger partial charge is 0.347 e. The molecule has 1 heterocycles. The van der Waals surface area contributed by atoms with E-state index in [1.54, 1.807) is 0 Å². The lowest BCUT2D eigenvalue weighted by Crippen LogP contribution is -2.29. The summed E-state index contributed by atoms with van der Waals surface area (Å²) >= 11 is 0. The zero-order valence-electron chi connectivity index (χ0n) is 4.58. The van der Waals surface area contributed by atoms with E-state index >= 15 is 0 Å². The van der Waals surface area contributed by atoms with Crippen molar-refractivity contribution >= 4 is 5.91 Å². The van der Waals surface area contributed by atoms with Crippen LogP contribution in [0.3, 0.4) is 0 Å². The number of halogens is 2. The predicted molar refractivity (Wildman–Crippen MR) is 27.1 cm³/mol. The van der Waals surface area contributed by atoms with Crippen LogP contribution in [0.15, 0.2) is 12.2 Å². The maximum absolute atomic E-state index is 12.2. The molecule has 1 aliphatic rings. The van der Waals surface area contributed by atoms with Crippen LogP contribution in [0.4, 0.5) is 8.78 Å². The predicted octanol–water partition coefficient (Wildman–Crippen LogP) is 0.308. The van der Waals surface area contributed by atoms with Crippen LogP contribution in [0, 0.1) is 0 Å². The lowest BCUT2D eigenvalue weighted by atomic mass is 10.2. The van der Waals surface area contributed by atoms with Gasteiger partial charge in [-0.1, -0.05) is 6.58 Å². The number of amides is 1. The van der Waals surface area contributed by atoms with Crippen molar-refractivity contribution in [3.05, 3.63) is 12.2 Å². The summed E-state index contributed by atoms with van der Waals surface area (Å²) in [6, 6.07) is 0. The van der Waals surface area contributed by atoms with Crippen LogP contribution in [-0.2, 0) is 4.79 Å². The highest BCUT2D eigenvalue weighted by atomic mass is 19.3. The summed E-state index contributed by atoms with van der Waals surface area (Å²) < 4.78 is 24.4. The van der Waals surface area contributed by atoms with E-state index in [4.69, 9.17) is 0 Å². The highest BCUT2D eigenvalue weighted by Gasteiger charge is 2.46. The highest BCUT2D eigenvalue weighted by Crippen LogP contribution is 2.26. The first-order chi connectivity index (χ1) is 4.05. The van der Waals surface area contributed by atoms with Crippen LogP contribution in [0.1, 0.15) is 0 Å². The largest absolute Gasteiger partial charge is 0.347 e. The minimum Gasteiger partial charge on any atom is -0.347 e. The van der Waals surface area contributed by atoms with E-state index in [2.05, 4.69) is 6.58 Å². The SMILES string of the molecule is C=C1CNC(=O)C1(F)F. The molecule has 0 unspecified atom stereocenters. The number of hydrogen-bond donors (Lipinski definition) is 1. The third kappa shape index (κ3) is 0.704. The Morgan fingerprint density at radius 3 is 2.33 bits per heavy atom. The van der Waals surface area contributed by atoms with Crippen LogP contribution in [-0.4, -0.2) is 18.4 Å². The van der Waals surface area contributed by atoms with Crippen molar-refractivity contribution in [2.24, 2.45) is 0 Å². The molecule has 1 amide bonds. The fourth-order valence-corrected chi connectivity index (χ4v) is 0.570. The topological polar surface area (TPSA) is 29.1 Å². The second-order valence-electron chi connectivity index (χ2n) is 1.86. The molecule has 0 atom stereocenters. The summed E-state index contributed by atoms with van der Waals surface area (Å²) in [5.74, 6) is -4.58. The Hall–Kier alpha value is -0.930. The van der Waals surface area contributed by atoms with E-state index in [0.29, 0.717) is 0 Å². The van der Waals surface area contributed by atoms with E-state index in [0.717, 1.165) is 0 Å². The molecule has 9 heavy (non-hydrogen) atoms. The molecule has 0 saturated carbocycles. The van der Waals surface area contributed by atoms with Gasteiger partial charge in [-0.15, -0.1) is 0 Å². The number of alkyl halides is 2. The Kier molecular flexibility index (Phi) is 1.05. The van der Waals surface area contributed by atoms with Crippen molar-refractivity contribution in [1.82, 2.24) is 5.32 Å². The number of nitrogens with one attached hydrogen (secondary N) is 1. The first-order valence-corrected chi connectivity index (χ1v) is 2.39. The van der Waals surface area contributed by atoms with Gasteiger partial charge in [-0.25, -0.2) is 0 Å². The van der Waals surface area contributed by atoms with Crippen LogP contribution >= 0.6 is 0 Å². The number of hydrogen-bond acceptors (Lipinski definition) is 1. The molecule has 1 saturated heterocycles. The van der Waals surface area contributed by atoms with Crippen LogP contribution in [0.2, 0.25) is 0 Å². The van der Waals surface area contributed by atoms with Gasteiger partial charge in [-0.05, 0) is 0 Å². The van der Waals surface area contributed by atoms with Crippen LogP contribution in [0.5, 0.6) is 0 Å². The number of carbonyl (C=O) groups excluding carboxylic acids is 1. The summed E-state index contributed by atoms with van der Waals surface area (Å²) in [6.45, 7) is 2.92. The maximum atomic E-state index is 12.2. The normalized spacial score (nSPS) is 24.2. The molecule has 1 aliphatic heterocycles. The average Bonchev–Trinajstić information content (AvgIpc) is 1.96. The van der Waals surface area contributed by atoms with Crippen molar-refractivity contribution in [3.8, 4) is 0 Å². The van der Waals surface area contributed by atoms with E-state index in [9.17, 15) is 13.6 Å². The summed E-state index contributed by atoms with van der Waals surface area (Å²) in [5, 5.41) is 1.97. The fourth-order valence-electron chi connectivity index (χ4n) is 0.570. The van der Waals surface area contributed by atoms with Gasteiger partial charge in [0.15, 0.2) is 0 Å². The van der Waals surface area contributed by atoms with Gasteiger partial charge in [-0.2, -0.15) is 8.78 Å². The van der Waals surface area contributed by atoms with Crippen LogP contribution < -0.4 is 5.32 Å². The molecule has 0 aromatic heterocycles. The van der Waals surface area contributed by atoms with E-state index in [1.807, 2.05) is 5.32 Å². The van der Waals surface area contributed by atoms with Crippen LogP contribution in [0.25, 0.3) is 0 Å². The van der Waals surface area contributed by atoms with Gasteiger partial charge in [-0.3, -0.25) is 4.79 Å². The van der Waals surface area contributed by atoms with Crippen molar-refractivity contribution in [2.75, 3.05) is 6.54 Å². The van der Waals surface area contributed by atoms with Gasteiger partial charge in [0.05, 0.1) is 0 Å². The van der Waals surface area contributed by atoms with Gasteiger partial charge < -0.3 is 5.32 Å². The summed E-state index contributed by atoms with van der Waals surface area (Å²) in [4.78, 5) is 10.2. The lowest BCUT2D eigenvalue weighted by Gasteiger charge is -2.03. The van der Waals surface area contributed by atoms with Gasteiger partial charge >= 0.3 is 5.92 Å². The molecule has 0 aliphatic carbocycles.